The van der Waals surface area contributed by atoms with Gasteiger partial charge >= 0.3 is 0 Å². The number of hydrogen-bond acceptors (Lipinski definition) is 2. The van der Waals surface area contributed by atoms with E-state index < -0.39 is 0 Å². The molecule has 1 amide bonds. The SMILES string of the molecule is C[C@@H](NC(=O)C1COC1)C1CCC1. The minimum Gasteiger partial charge on any atom is -0.380 e. The lowest BCUT2D eigenvalue weighted by atomic mass is 9.80. The summed E-state index contributed by atoms with van der Waals surface area (Å²) >= 11 is 0. The van der Waals surface area contributed by atoms with E-state index in [9.17, 15) is 4.79 Å². The predicted octanol–water partition coefficient (Wildman–Crippen LogP) is 0.938. The van der Waals surface area contributed by atoms with Gasteiger partial charge in [-0.15, -0.1) is 0 Å². The Morgan fingerprint density at radius 1 is 1.46 bits per heavy atom. The normalized spacial score (nSPS) is 25.9. The van der Waals surface area contributed by atoms with Crippen molar-refractivity contribution in [3.8, 4) is 0 Å². The minimum absolute atomic E-state index is 0.127. The predicted molar refractivity (Wildman–Crippen MR) is 49.3 cm³/mol. The third-order valence-corrected chi connectivity index (χ3v) is 3.24. The van der Waals surface area contributed by atoms with Crippen molar-refractivity contribution in [2.75, 3.05) is 13.2 Å². The number of nitrogens with one attached hydrogen (secondary N) is 1. The van der Waals surface area contributed by atoms with Gasteiger partial charge in [-0.25, -0.2) is 0 Å². The summed E-state index contributed by atoms with van der Waals surface area (Å²) in [6.07, 6.45) is 3.89. The lowest BCUT2D eigenvalue weighted by Gasteiger charge is -2.34. The Morgan fingerprint density at radius 3 is 2.54 bits per heavy atom. The molecule has 2 aliphatic rings. The van der Waals surface area contributed by atoms with E-state index in [0.717, 1.165) is 5.92 Å². The molecule has 1 atom stereocenters. The zero-order valence-electron chi connectivity index (χ0n) is 8.08. The highest BCUT2D eigenvalue weighted by atomic mass is 16.5. The molecule has 3 heteroatoms. The molecule has 0 aromatic heterocycles. The Bertz CT molecular complexity index is 197. The summed E-state index contributed by atoms with van der Waals surface area (Å²) in [4.78, 5) is 11.5. The lowest BCUT2D eigenvalue weighted by molar-refractivity contribution is -0.140. The second-order valence-electron chi connectivity index (χ2n) is 4.22. The van der Waals surface area contributed by atoms with Gasteiger partial charge in [0.1, 0.15) is 0 Å². The van der Waals surface area contributed by atoms with Gasteiger partial charge in [0.25, 0.3) is 0 Å². The molecule has 3 nitrogen and oxygen atoms in total. The monoisotopic (exact) mass is 183 g/mol. The molecule has 1 N–H and O–H groups in total. The Hall–Kier alpha value is -0.570. The van der Waals surface area contributed by atoms with Gasteiger partial charge in [0, 0.05) is 6.04 Å². The van der Waals surface area contributed by atoms with E-state index in [-0.39, 0.29) is 11.8 Å². The van der Waals surface area contributed by atoms with Crippen LogP contribution in [0.4, 0.5) is 0 Å². The van der Waals surface area contributed by atoms with E-state index in [2.05, 4.69) is 12.2 Å². The summed E-state index contributed by atoms with van der Waals surface area (Å²) in [5.41, 5.74) is 0. The Kier molecular flexibility index (Phi) is 2.54. The van der Waals surface area contributed by atoms with Gasteiger partial charge in [-0.2, -0.15) is 0 Å². The quantitative estimate of drug-likeness (QED) is 0.707. The van der Waals surface area contributed by atoms with Crippen molar-refractivity contribution < 1.29 is 9.53 Å². The van der Waals surface area contributed by atoms with Crippen LogP contribution in [0.3, 0.4) is 0 Å². The maximum atomic E-state index is 11.5. The van der Waals surface area contributed by atoms with Crippen molar-refractivity contribution in [3.63, 3.8) is 0 Å². The fourth-order valence-corrected chi connectivity index (χ4v) is 1.79. The second kappa shape index (κ2) is 3.66. The average molecular weight is 183 g/mol. The van der Waals surface area contributed by atoms with Crippen LogP contribution >= 0.6 is 0 Å². The van der Waals surface area contributed by atoms with E-state index >= 15 is 0 Å². The minimum atomic E-state index is 0.127. The topological polar surface area (TPSA) is 38.3 Å². The summed E-state index contributed by atoms with van der Waals surface area (Å²) in [5.74, 6) is 1.04. The highest BCUT2D eigenvalue weighted by Gasteiger charge is 2.30. The summed E-state index contributed by atoms with van der Waals surface area (Å²) in [6, 6.07) is 0.363. The molecule has 1 saturated heterocycles. The van der Waals surface area contributed by atoms with Crippen LogP contribution in [0.5, 0.6) is 0 Å². The van der Waals surface area contributed by atoms with Gasteiger partial charge in [-0.1, -0.05) is 6.42 Å². The van der Waals surface area contributed by atoms with Gasteiger partial charge in [-0.05, 0) is 25.7 Å². The molecule has 1 saturated carbocycles. The van der Waals surface area contributed by atoms with Crippen molar-refractivity contribution in [1.82, 2.24) is 5.32 Å². The molecule has 1 aliphatic heterocycles. The van der Waals surface area contributed by atoms with E-state index in [1.165, 1.54) is 19.3 Å². The smallest absolute Gasteiger partial charge is 0.228 e. The number of hydrogen-bond donors (Lipinski definition) is 1. The maximum Gasteiger partial charge on any atom is 0.228 e. The van der Waals surface area contributed by atoms with E-state index in [1.807, 2.05) is 0 Å². The summed E-state index contributed by atoms with van der Waals surface area (Å²) in [6.45, 7) is 3.34. The molecule has 2 rings (SSSR count). The first-order valence-corrected chi connectivity index (χ1v) is 5.15. The van der Waals surface area contributed by atoms with Crippen LogP contribution in [0.15, 0.2) is 0 Å². The molecule has 2 fully saturated rings. The molecular formula is C10H17NO2. The van der Waals surface area contributed by atoms with Crippen LogP contribution in [-0.2, 0) is 9.53 Å². The second-order valence-corrected chi connectivity index (χ2v) is 4.22. The highest BCUT2D eigenvalue weighted by molar-refractivity contribution is 5.79. The van der Waals surface area contributed by atoms with Gasteiger partial charge in [0.05, 0.1) is 19.1 Å². The van der Waals surface area contributed by atoms with Crippen molar-refractivity contribution in [3.05, 3.63) is 0 Å². The standard InChI is InChI=1S/C10H17NO2/c1-7(8-3-2-4-8)11-10(12)9-5-13-6-9/h7-9H,2-6H2,1H3,(H,11,12)/t7-/m1/s1. The van der Waals surface area contributed by atoms with Crippen molar-refractivity contribution >= 4 is 5.91 Å². The maximum absolute atomic E-state index is 11.5. The molecule has 0 unspecified atom stereocenters. The number of amides is 1. The van der Waals surface area contributed by atoms with Crippen LogP contribution in [0.25, 0.3) is 0 Å². The van der Waals surface area contributed by atoms with Gasteiger partial charge in [-0.3, -0.25) is 4.79 Å². The summed E-state index contributed by atoms with van der Waals surface area (Å²) < 4.78 is 4.98. The molecule has 74 valence electrons. The molecule has 1 aliphatic carbocycles. The number of carbonyl (C=O) groups is 1. The number of ether oxygens (including phenoxy) is 1. The molecule has 1 heterocycles. The zero-order chi connectivity index (χ0) is 9.26. The number of rotatable bonds is 3. The van der Waals surface area contributed by atoms with Crippen LogP contribution in [0, 0.1) is 11.8 Å². The molecule has 0 bridgehead atoms. The molecule has 0 aromatic rings. The van der Waals surface area contributed by atoms with Crippen molar-refractivity contribution in [2.24, 2.45) is 11.8 Å². The third kappa shape index (κ3) is 1.85. The van der Waals surface area contributed by atoms with Crippen molar-refractivity contribution in [1.29, 1.82) is 0 Å². The Morgan fingerprint density at radius 2 is 2.15 bits per heavy atom. The first-order chi connectivity index (χ1) is 6.27. The van der Waals surface area contributed by atoms with E-state index in [0.29, 0.717) is 19.3 Å². The zero-order valence-corrected chi connectivity index (χ0v) is 8.08. The van der Waals surface area contributed by atoms with Crippen LogP contribution in [0.1, 0.15) is 26.2 Å². The molecule has 0 spiro atoms. The molecule has 0 radical (unpaired) electrons. The summed E-state index contributed by atoms with van der Waals surface area (Å²) in [5, 5.41) is 3.06. The Balaban J connectivity index is 1.72. The third-order valence-electron chi connectivity index (χ3n) is 3.24. The van der Waals surface area contributed by atoms with Gasteiger partial charge in [0.2, 0.25) is 5.91 Å². The first-order valence-electron chi connectivity index (χ1n) is 5.15. The largest absolute Gasteiger partial charge is 0.380 e. The van der Waals surface area contributed by atoms with E-state index in [4.69, 9.17) is 4.74 Å². The molecule has 13 heavy (non-hydrogen) atoms. The Labute approximate surface area is 78.8 Å². The molecule has 0 aromatic carbocycles. The first kappa shape index (κ1) is 9.00. The lowest BCUT2D eigenvalue weighted by Crippen LogP contribution is -2.48. The highest BCUT2D eigenvalue weighted by Crippen LogP contribution is 2.29. The van der Waals surface area contributed by atoms with Crippen LogP contribution in [-0.4, -0.2) is 25.2 Å². The fourth-order valence-electron chi connectivity index (χ4n) is 1.79. The van der Waals surface area contributed by atoms with Crippen LogP contribution < -0.4 is 5.32 Å². The average Bonchev–Trinajstić information content (AvgIpc) is 1.76. The van der Waals surface area contributed by atoms with E-state index in [1.54, 1.807) is 0 Å². The van der Waals surface area contributed by atoms with Gasteiger partial charge < -0.3 is 10.1 Å². The molecular weight excluding hydrogens is 166 g/mol. The fraction of sp³-hybridized carbons (Fsp3) is 0.900. The summed E-state index contributed by atoms with van der Waals surface area (Å²) in [7, 11) is 0. The van der Waals surface area contributed by atoms with Crippen LogP contribution in [0.2, 0.25) is 0 Å². The van der Waals surface area contributed by atoms with Gasteiger partial charge in [0.15, 0.2) is 0 Å². The number of carbonyl (C=O) groups excluding carboxylic acids is 1. The van der Waals surface area contributed by atoms with Crippen molar-refractivity contribution in [2.45, 2.75) is 32.2 Å².